The third-order valence-electron chi connectivity index (χ3n) is 5.32. The summed E-state index contributed by atoms with van der Waals surface area (Å²) in [5.74, 6) is -0.137. The average molecular weight is 385 g/mol. The Morgan fingerprint density at radius 3 is 2.22 bits per heavy atom. The van der Waals surface area contributed by atoms with Crippen molar-refractivity contribution in [1.82, 2.24) is 9.80 Å². The SMILES string of the molecule is CCN(CC)C(=O)[C@@H]1CN(C(=O)c2ccc(Cl)cc2)C[C@H]1c1ccccc1. The minimum absolute atomic E-state index is 0.00977. The van der Waals surface area contributed by atoms with E-state index in [9.17, 15) is 9.59 Å². The minimum Gasteiger partial charge on any atom is -0.343 e. The summed E-state index contributed by atoms with van der Waals surface area (Å²) >= 11 is 5.94. The Hall–Kier alpha value is -2.33. The van der Waals surface area contributed by atoms with Gasteiger partial charge in [0, 0.05) is 42.7 Å². The van der Waals surface area contributed by atoms with E-state index >= 15 is 0 Å². The molecule has 4 nitrogen and oxygen atoms in total. The molecule has 1 fully saturated rings. The van der Waals surface area contributed by atoms with Crippen LogP contribution in [0.25, 0.3) is 0 Å². The molecule has 5 heteroatoms. The largest absolute Gasteiger partial charge is 0.343 e. The van der Waals surface area contributed by atoms with Crippen LogP contribution in [0.3, 0.4) is 0 Å². The van der Waals surface area contributed by atoms with Gasteiger partial charge in [-0.25, -0.2) is 0 Å². The number of benzene rings is 2. The van der Waals surface area contributed by atoms with Gasteiger partial charge in [-0.15, -0.1) is 0 Å². The highest BCUT2D eigenvalue weighted by Crippen LogP contribution is 2.34. The molecule has 0 aromatic heterocycles. The Bertz CT molecular complexity index is 788. The van der Waals surface area contributed by atoms with Crippen molar-refractivity contribution >= 4 is 23.4 Å². The number of rotatable bonds is 5. The molecule has 1 aliphatic heterocycles. The van der Waals surface area contributed by atoms with E-state index in [4.69, 9.17) is 11.6 Å². The number of halogens is 1. The molecule has 1 heterocycles. The predicted molar refractivity (Wildman–Crippen MR) is 108 cm³/mol. The number of hydrogen-bond acceptors (Lipinski definition) is 2. The molecule has 0 spiro atoms. The van der Waals surface area contributed by atoms with Crippen molar-refractivity contribution in [2.45, 2.75) is 19.8 Å². The number of likely N-dealkylation sites (tertiary alicyclic amines) is 1. The molecule has 0 unspecified atom stereocenters. The lowest BCUT2D eigenvalue weighted by Crippen LogP contribution is -2.39. The van der Waals surface area contributed by atoms with Crippen molar-refractivity contribution in [3.63, 3.8) is 0 Å². The van der Waals surface area contributed by atoms with Crippen LogP contribution in [0, 0.1) is 5.92 Å². The Labute approximate surface area is 165 Å². The highest BCUT2D eigenvalue weighted by molar-refractivity contribution is 6.30. The summed E-state index contributed by atoms with van der Waals surface area (Å²) < 4.78 is 0. The highest BCUT2D eigenvalue weighted by Gasteiger charge is 2.41. The first-order valence-corrected chi connectivity index (χ1v) is 9.81. The van der Waals surface area contributed by atoms with E-state index in [-0.39, 0.29) is 23.7 Å². The number of carbonyl (C=O) groups is 2. The van der Waals surface area contributed by atoms with Gasteiger partial charge in [-0.05, 0) is 43.7 Å². The fourth-order valence-corrected chi connectivity index (χ4v) is 3.93. The first kappa shape index (κ1) is 19.4. The minimum atomic E-state index is -0.219. The van der Waals surface area contributed by atoms with Crippen LogP contribution in [0.1, 0.15) is 35.7 Å². The lowest BCUT2D eigenvalue weighted by atomic mass is 9.88. The van der Waals surface area contributed by atoms with Gasteiger partial charge in [-0.1, -0.05) is 41.9 Å². The molecule has 27 heavy (non-hydrogen) atoms. The fraction of sp³-hybridized carbons (Fsp3) is 0.364. The van der Waals surface area contributed by atoms with Crippen molar-refractivity contribution in [3.8, 4) is 0 Å². The molecule has 2 atom stereocenters. The second kappa shape index (κ2) is 8.57. The Kier molecular flexibility index (Phi) is 6.17. The van der Waals surface area contributed by atoms with Gasteiger partial charge in [-0.2, -0.15) is 0 Å². The molecule has 3 rings (SSSR count). The van der Waals surface area contributed by atoms with E-state index in [1.807, 2.05) is 49.1 Å². The molecule has 0 aliphatic carbocycles. The van der Waals surface area contributed by atoms with Crippen LogP contribution in [0.2, 0.25) is 5.02 Å². The molecule has 2 aromatic carbocycles. The van der Waals surface area contributed by atoms with Crippen LogP contribution >= 0.6 is 11.6 Å². The number of nitrogens with zero attached hydrogens (tertiary/aromatic N) is 2. The highest BCUT2D eigenvalue weighted by atomic mass is 35.5. The third-order valence-corrected chi connectivity index (χ3v) is 5.57. The van der Waals surface area contributed by atoms with Gasteiger partial charge in [0.05, 0.1) is 5.92 Å². The third kappa shape index (κ3) is 4.16. The van der Waals surface area contributed by atoms with E-state index in [0.717, 1.165) is 5.56 Å². The van der Waals surface area contributed by atoms with E-state index in [0.29, 0.717) is 36.8 Å². The van der Waals surface area contributed by atoms with Gasteiger partial charge in [-0.3, -0.25) is 9.59 Å². The maximum absolute atomic E-state index is 13.1. The summed E-state index contributed by atoms with van der Waals surface area (Å²) in [4.78, 5) is 29.7. The summed E-state index contributed by atoms with van der Waals surface area (Å²) in [5.41, 5.74) is 1.71. The zero-order chi connectivity index (χ0) is 19.4. The van der Waals surface area contributed by atoms with Crippen LogP contribution in [-0.4, -0.2) is 47.8 Å². The molecule has 0 saturated carbocycles. The topological polar surface area (TPSA) is 40.6 Å². The quantitative estimate of drug-likeness (QED) is 0.779. The lowest BCUT2D eigenvalue weighted by molar-refractivity contribution is -0.135. The smallest absolute Gasteiger partial charge is 0.253 e. The molecule has 1 saturated heterocycles. The molecule has 1 aliphatic rings. The number of carbonyl (C=O) groups excluding carboxylic acids is 2. The van der Waals surface area contributed by atoms with E-state index < -0.39 is 0 Å². The normalized spacial score (nSPS) is 19.1. The number of amides is 2. The summed E-state index contributed by atoms with van der Waals surface area (Å²) in [6.45, 7) is 6.32. The second-order valence-electron chi connectivity index (χ2n) is 6.85. The van der Waals surface area contributed by atoms with Crippen LogP contribution in [0.4, 0.5) is 0 Å². The maximum atomic E-state index is 13.1. The van der Waals surface area contributed by atoms with E-state index in [2.05, 4.69) is 0 Å². The molecule has 2 aromatic rings. The summed E-state index contributed by atoms with van der Waals surface area (Å²) in [7, 11) is 0. The first-order valence-electron chi connectivity index (χ1n) is 9.43. The first-order chi connectivity index (χ1) is 13.0. The predicted octanol–water partition coefficient (Wildman–Crippen LogP) is 4.06. The van der Waals surface area contributed by atoms with Crippen molar-refractivity contribution in [3.05, 3.63) is 70.7 Å². The summed E-state index contributed by atoms with van der Waals surface area (Å²) in [5, 5.41) is 0.602. The van der Waals surface area contributed by atoms with Gasteiger partial charge in [0.15, 0.2) is 0 Å². The second-order valence-corrected chi connectivity index (χ2v) is 7.29. The van der Waals surface area contributed by atoms with Crippen LogP contribution < -0.4 is 0 Å². The summed E-state index contributed by atoms with van der Waals surface area (Å²) in [6.07, 6.45) is 0. The maximum Gasteiger partial charge on any atom is 0.253 e. The monoisotopic (exact) mass is 384 g/mol. The van der Waals surface area contributed by atoms with Crippen molar-refractivity contribution in [2.24, 2.45) is 5.92 Å². The van der Waals surface area contributed by atoms with Gasteiger partial charge in [0.1, 0.15) is 0 Å². The van der Waals surface area contributed by atoms with Gasteiger partial charge in [0.25, 0.3) is 5.91 Å². The molecular formula is C22H25ClN2O2. The van der Waals surface area contributed by atoms with Crippen molar-refractivity contribution in [1.29, 1.82) is 0 Å². The molecular weight excluding hydrogens is 360 g/mol. The molecule has 0 radical (unpaired) electrons. The lowest BCUT2D eigenvalue weighted by Gasteiger charge is -2.25. The standard InChI is InChI=1S/C22H25ClN2O2/c1-3-24(4-2)22(27)20-15-25(14-19(20)16-8-6-5-7-9-16)21(26)17-10-12-18(23)13-11-17/h5-13,19-20H,3-4,14-15H2,1-2H3/t19-,20+/m0/s1. The fourth-order valence-electron chi connectivity index (χ4n) is 3.80. The Balaban J connectivity index is 1.87. The zero-order valence-electron chi connectivity index (χ0n) is 15.8. The molecule has 142 valence electrons. The van der Waals surface area contributed by atoms with Crippen molar-refractivity contribution in [2.75, 3.05) is 26.2 Å². The van der Waals surface area contributed by atoms with Crippen LogP contribution in [-0.2, 0) is 4.79 Å². The van der Waals surface area contributed by atoms with Gasteiger partial charge in [0.2, 0.25) is 5.91 Å². The van der Waals surface area contributed by atoms with Gasteiger partial charge < -0.3 is 9.80 Å². The Morgan fingerprint density at radius 1 is 1.00 bits per heavy atom. The molecule has 0 bridgehead atoms. The number of hydrogen-bond donors (Lipinski definition) is 0. The van der Waals surface area contributed by atoms with Crippen molar-refractivity contribution < 1.29 is 9.59 Å². The molecule has 0 N–H and O–H groups in total. The van der Waals surface area contributed by atoms with E-state index in [1.54, 1.807) is 29.2 Å². The Morgan fingerprint density at radius 2 is 1.63 bits per heavy atom. The van der Waals surface area contributed by atoms with E-state index in [1.165, 1.54) is 0 Å². The van der Waals surface area contributed by atoms with Crippen LogP contribution in [0.15, 0.2) is 54.6 Å². The van der Waals surface area contributed by atoms with Gasteiger partial charge >= 0.3 is 0 Å². The average Bonchev–Trinajstić information content (AvgIpc) is 3.15. The zero-order valence-corrected chi connectivity index (χ0v) is 16.5. The summed E-state index contributed by atoms with van der Waals surface area (Å²) in [6, 6.07) is 16.9. The molecule has 2 amide bonds. The van der Waals surface area contributed by atoms with Crippen LogP contribution in [0.5, 0.6) is 0 Å².